The summed E-state index contributed by atoms with van der Waals surface area (Å²) in [5.41, 5.74) is 3.31. The Kier molecular flexibility index (Phi) is 4.39. The first-order valence-electron chi connectivity index (χ1n) is 9.31. The summed E-state index contributed by atoms with van der Waals surface area (Å²) in [6.45, 7) is 4.45. The molecule has 128 valence electrons. The molecule has 2 aromatic carbocycles. The SMILES string of the molecule is Cc1ccc(-c2nc(N[C@@H]3CCCC[C@@H]3C)c3ccccc3n2)cc1. The van der Waals surface area contributed by atoms with Crippen LogP contribution in [0.2, 0.25) is 0 Å². The molecule has 3 aromatic rings. The largest absolute Gasteiger partial charge is 0.366 e. The Labute approximate surface area is 149 Å². The van der Waals surface area contributed by atoms with Crippen LogP contribution in [-0.2, 0) is 0 Å². The third kappa shape index (κ3) is 3.37. The van der Waals surface area contributed by atoms with Gasteiger partial charge in [0.2, 0.25) is 0 Å². The summed E-state index contributed by atoms with van der Waals surface area (Å²) in [6.07, 6.45) is 5.17. The number of nitrogens with one attached hydrogen (secondary N) is 1. The molecule has 25 heavy (non-hydrogen) atoms. The summed E-state index contributed by atoms with van der Waals surface area (Å²) in [5, 5.41) is 4.85. The Morgan fingerprint density at radius 3 is 2.48 bits per heavy atom. The summed E-state index contributed by atoms with van der Waals surface area (Å²) in [5.74, 6) is 2.45. The minimum atomic E-state index is 0.498. The lowest BCUT2D eigenvalue weighted by atomic mass is 9.86. The smallest absolute Gasteiger partial charge is 0.162 e. The van der Waals surface area contributed by atoms with Crippen LogP contribution in [0.3, 0.4) is 0 Å². The molecule has 1 aromatic heterocycles. The van der Waals surface area contributed by atoms with E-state index in [1.807, 2.05) is 6.07 Å². The van der Waals surface area contributed by atoms with Crippen molar-refractivity contribution in [3.05, 3.63) is 54.1 Å². The molecule has 0 spiro atoms. The maximum absolute atomic E-state index is 4.91. The Morgan fingerprint density at radius 1 is 0.920 bits per heavy atom. The van der Waals surface area contributed by atoms with Crippen molar-refractivity contribution in [2.75, 3.05) is 5.32 Å². The van der Waals surface area contributed by atoms with Gasteiger partial charge in [-0.2, -0.15) is 0 Å². The second kappa shape index (κ2) is 6.83. The molecule has 1 N–H and O–H groups in total. The Balaban J connectivity index is 1.77. The molecule has 0 bridgehead atoms. The highest BCUT2D eigenvalue weighted by molar-refractivity contribution is 5.90. The molecule has 0 saturated heterocycles. The summed E-state index contributed by atoms with van der Waals surface area (Å²) in [4.78, 5) is 9.70. The lowest BCUT2D eigenvalue weighted by molar-refractivity contribution is 0.349. The molecule has 1 heterocycles. The van der Waals surface area contributed by atoms with Gasteiger partial charge >= 0.3 is 0 Å². The lowest BCUT2D eigenvalue weighted by Crippen LogP contribution is -2.30. The molecule has 1 aliphatic rings. The second-order valence-electron chi connectivity index (χ2n) is 7.29. The quantitative estimate of drug-likeness (QED) is 0.679. The molecule has 0 amide bonds. The summed E-state index contributed by atoms with van der Waals surface area (Å²) in [7, 11) is 0. The van der Waals surface area contributed by atoms with Gasteiger partial charge in [0.15, 0.2) is 5.82 Å². The zero-order chi connectivity index (χ0) is 17.2. The number of benzene rings is 2. The van der Waals surface area contributed by atoms with Crippen LogP contribution in [0, 0.1) is 12.8 Å². The molecule has 1 saturated carbocycles. The molecule has 0 unspecified atom stereocenters. The van der Waals surface area contributed by atoms with Crippen molar-refractivity contribution < 1.29 is 0 Å². The fourth-order valence-corrected chi connectivity index (χ4v) is 3.72. The predicted molar refractivity (Wildman–Crippen MR) is 105 cm³/mol. The molecule has 4 rings (SSSR count). The fraction of sp³-hybridized carbons (Fsp3) is 0.364. The first kappa shape index (κ1) is 16.1. The maximum Gasteiger partial charge on any atom is 0.162 e. The lowest BCUT2D eigenvalue weighted by Gasteiger charge is -2.30. The predicted octanol–water partition coefficient (Wildman–Crippen LogP) is 5.60. The highest BCUT2D eigenvalue weighted by atomic mass is 15.1. The van der Waals surface area contributed by atoms with Crippen molar-refractivity contribution in [2.24, 2.45) is 5.92 Å². The molecule has 0 radical (unpaired) electrons. The van der Waals surface area contributed by atoms with E-state index < -0.39 is 0 Å². The Morgan fingerprint density at radius 2 is 1.68 bits per heavy atom. The van der Waals surface area contributed by atoms with Crippen LogP contribution in [-0.4, -0.2) is 16.0 Å². The van der Waals surface area contributed by atoms with Crippen molar-refractivity contribution >= 4 is 16.7 Å². The Bertz CT molecular complexity index is 870. The van der Waals surface area contributed by atoms with E-state index in [2.05, 4.69) is 61.6 Å². The van der Waals surface area contributed by atoms with Crippen molar-refractivity contribution in [1.29, 1.82) is 0 Å². The van der Waals surface area contributed by atoms with Gasteiger partial charge in [-0.15, -0.1) is 0 Å². The standard InChI is InChI=1S/C22H25N3/c1-15-11-13-17(14-12-15)21-24-20-10-6-4-8-18(20)22(25-21)23-19-9-5-3-7-16(19)2/h4,6,8,10-14,16,19H,3,5,7,9H2,1-2H3,(H,23,24,25)/t16-,19+/m0/s1. The molecular weight excluding hydrogens is 306 g/mol. The van der Waals surface area contributed by atoms with Gasteiger partial charge in [-0.1, -0.05) is 61.7 Å². The van der Waals surface area contributed by atoms with Gasteiger partial charge in [-0.3, -0.25) is 0 Å². The zero-order valence-corrected chi connectivity index (χ0v) is 15.0. The molecule has 1 aliphatic carbocycles. The van der Waals surface area contributed by atoms with Crippen molar-refractivity contribution in [3.63, 3.8) is 0 Å². The number of para-hydroxylation sites is 1. The molecule has 3 heteroatoms. The number of aryl methyl sites for hydroxylation is 1. The van der Waals surface area contributed by atoms with Gasteiger partial charge < -0.3 is 5.32 Å². The van der Waals surface area contributed by atoms with E-state index in [1.165, 1.54) is 31.2 Å². The molecule has 1 fully saturated rings. The van der Waals surface area contributed by atoms with E-state index >= 15 is 0 Å². The van der Waals surface area contributed by atoms with Crippen LogP contribution >= 0.6 is 0 Å². The van der Waals surface area contributed by atoms with Crippen LogP contribution in [0.15, 0.2) is 48.5 Å². The highest BCUT2D eigenvalue weighted by Crippen LogP contribution is 2.30. The van der Waals surface area contributed by atoms with E-state index in [0.29, 0.717) is 12.0 Å². The Hall–Kier alpha value is -2.42. The number of hydrogen-bond acceptors (Lipinski definition) is 3. The minimum absolute atomic E-state index is 0.498. The van der Waals surface area contributed by atoms with Gasteiger partial charge in [0, 0.05) is 17.0 Å². The van der Waals surface area contributed by atoms with E-state index in [4.69, 9.17) is 9.97 Å². The van der Waals surface area contributed by atoms with Gasteiger partial charge in [0.05, 0.1) is 5.52 Å². The first-order chi connectivity index (χ1) is 12.2. The van der Waals surface area contributed by atoms with Crippen LogP contribution in [0.4, 0.5) is 5.82 Å². The van der Waals surface area contributed by atoms with E-state index in [1.54, 1.807) is 0 Å². The number of rotatable bonds is 3. The topological polar surface area (TPSA) is 37.8 Å². The minimum Gasteiger partial charge on any atom is -0.366 e. The van der Waals surface area contributed by atoms with E-state index in [-0.39, 0.29) is 0 Å². The van der Waals surface area contributed by atoms with E-state index in [9.17, 15) is 0 Å². The van der Waals surface area contributed by atoms with Gasteiger partial charge in [-0.25, -0.2) is 9.97 Å². The van der Waals surface area contributed by atoms with Crippen LogP contribution in [0.1, 0.15) is 38.2 Å². The van der Waals surface area contributed by atoms with Crippen LogP contribution in [0.25, 0.3) is 22.3 Å². The molecular formula is C22H25N3. The van der Waals surface area contributed by atoms with Crippen molar-refractivity contribution in [1.82, 2.24) is 9.97 Å². The number of anilines is 1. The van der Waals surface area contributed by atoms with Gasteiger partial charge in [0.25, 0.3) is 0 Å². The van der Waals surface area contributed by atoms with Crippen LogP contribution < -0.4 is 5.32 Å². The molecule has 2 atom stereocenters. The van der Waals surface area contributed by atoms with Crippen molar-refractivity contribution in [3.8, 4) is 11.4 Å². The number of aromatic nitrogens is 2. The summed E-state index contributed by atoms with van der Waals surface area (Å²) < 4.78 is 0. The number of nitrogens with zero attached hydrogens (tertiary/aromatic N) is 2. The van der Waals surface area contributed by atoms with Gasteiger partial charge in [-0.05, 0) is 37.8 Å². The fourth-order valence-electron chi connectivity index (χ4n) is 3.72. The third-order valence-corrected chi connectivity index (χ3v) is 5.35. The molecule has 3 nitrogen and oxygen atoms in total. The van der Waals surface area contributed by atoms with Crippen LogP contribution in [0.5, 0.6) is 0 Å². The molecule has 0 aliphatic heterocycles. The average Bonchev–Trinajstić information content (AvgIpc) is 2.64. The zero-order valence-electron chi connectivity index (χ0n) is 15.0. The number of hydrogen-bond donors (Lipinski definition) is 1. The summed E-state index contributed by atoms with van der Waals surface area (Å²) >= 11 is 0. The monoisotopic (exact) mass is 331 g/mol. The second-order valence-corrected chi connectivity index (χ2v) is 7.29. The average molecular weight is 331 g/mol. The third-order valence-electron chi connectivity index (χ3n) is 5.35. The first-order valence-corrected chi connectivity index (χ1v) is 9.31. The number of fused-ring (bicyclic) bond motifs is 1. The van der Waals surface area contributed by atoms with E-state index in [0.717, 1.165) is 28.1 Å². The normalized spacial score (nSPS) is 20.6. The highest BCUT2D eigenvalue weighted by Gasteiger charge is 2.22. The van der Waals surface area contributed by atoms with Crippen molar-refractivity contribution in [2.45, 2.75) is 45.6 Å². The summed E-state index contributed by atoms with van der Waals surface area (Å²) in [6, 6.07) is 17.2. The maximum atomic E-state index is 4.91. The van der Waals surface area contributed by atoms with Gasteiger partial charge in [0.1, 0.15) is 5.82 Å².